The van der Waals surface area contributed by atoms with Gasteiger partial charge in [-0.3, -0.25) is 4.21 Å². The maximum atomic E-state index is 9.47. The number of aliphatic carboxylic acids is 1. The van der Waals surface area contributed by atoms with E-state index in [4.69, 9.17) is 5.11 Å². The zero-order valence-corrected chi connectivity index (χ0v) is 8.06. The number of carbonyl (C=O) groups excluding carboxylic acids is 1. The summed E-state index contributed by atoms with van der Waals surface area (Å²) in [5.41, 5.74) is -2.41. The van der Waals surface area contributed by atoms with E-state index in [9.17, 15) is 18.7 Å². The summed E-state index contributed by atoms with van der Waals surface area (Å²) in [7, 11) is 0. The Hall–Kier alpha value is 0.163. The van der Waals surface area contributed by atoms with Gasteiger partial charge in [0.1, 0.15) is 0 Å². The number of hydrogen-bond acceptors (Lipinski definition) is 5. The van der Waals surface area contributed by atoms with Crippen LogP contribution in [0.4, 0.5) is 0 Å². The van der Waals surface area contributed by atoms with Crippen molar-refractivity contribution in [1.82, 2.24) is 0 Å². The first-order valence-electron chi connectivity index (χ1n) is 1.52. The molecule has 0 bridgehead atoms. The number of hydrogen-bond donors (Lipinski definition) is 1. The Kier molecular flexibility index (Phi) is 6.60. The van der Waals surface area contributed by atoms with Crippen molar-refractivity contribution >= 4 is 17.0 Å². The molecule has 9 heavy (non-hydrogen) atoms. The fourth-order valence-corrected chi connectivity index (χ4v) is 0.236. The van der Waals surface area contributed by atoms with Gasteiger partial charge >= 0.3 is 19.5 Å². The molecule has 0 aromatic rings. The topological polar surface area (TPSA) is 100 Å². The number of aliphatic hydroxyl groups is 1. The van der Waals surface area contributed by atoms with Gasteiger partial charge in [0.05, 0.1) is 5.97 Å². The van der Waals surface area contributed by atoms with Gasteiger partial charge in [0.25, 0.3) is 0 Å². The van der Waals surface area contributed by atoms with Crippen molar-refractivity contribution in [3.8, 4) is 0 Å². The van der Waals surface area contributed by atoms with E-state index in [1.165, 1.54) is 0 Å². The molecule has 0 saturated carbocycles. The molecule has 0 aromatic carbocycles. The summed E-state index contributed by atoms with van der Waals surface area (Å²) in [5.74, 6) is -2.02. The van der Waals surface area contributed by atoms with Crippen molar-refractivity contribution in [2.24, 2.45) is 0 Å². The summed E-state index contributed by atoms with van der Waals surface area (Å²) < 4.78 is 18.9. The second-order valence-electron chi connectivity index (χ2n) is 0.932. The summed E-state index contributed by atoms with van der Waals surface area (Å²) in [5, 5.41) is 17.3. The van der Waals surface area contributed by atoms with E-state index in [0.717, 1.165) is 0 Å². The standard InChI is InChI=1S/C2H4O5S.Zn/c3-1(4)2(5)8(6)7;/h2,5H,(H,3,4)(H,6,7);/q;+2/p-2. The number of carboxylic acids is 1. The minimum atomic E-state index is -3.00. The van der Waals surface area contributed by atoms with Crippen LogP contribution in [0.1, 0.15) is 0 Å². The van der Waals surface area contributed by atoms with Gasteiger partial charge in [-0.2, -0.15) is 0 Å². The fourth-order valence-electron chi connectivity index (χ4n) is 0.0786. The Labute approximate surface area is 66.1 Å². The third-order valence-corrected chi connectivity index (χ3v) is 0.941. The van der Waals surface area contributed by atoms with E-state index in [0.29, 0.717) is 0 Å². The average Bonchev–Trinajstić information content (AvgIpc) is 1.64. The SMILES string of the molecule is O=C([O-])C(O)S(=O)[O-].[Zn+2]. The normalized spacial score (nSPS) is 15.3. The second kappa shape index (κ2) is 4.99. The van der Waals surface area contributed by atoms with Gasteiger partial charge in [-0.15, -0.1) is 0 Å². The number of aliphatic hydroxyl groups excluding tert-OH is 1. The summed E-state index contributed by atoms with van der Waals surface area (Å²) >= 11 is -3.00. The molecule has 0 heterocycles. The summed E-state index contributed by atoms with van der Waals surface area (Å²) in [6, 6.07) is 0. The van der Waals surface area contributed by atoms with Crippen LogP contribution in [0.3, 0.4) is 0 Å². The second-order valence-corrected chi connectivity index (χ2v) is 1.90. The Morgan fingerprint density at radius 2 is 2.00 bits per heavy atom. The molecule has 0 saturated heterocycles. The van der Waals surface area contributed by atoms with E-state index >= 15 is 0 Å². The number of carboxylic acid groups (broad SMARTS) is 1. The Balaban J connectivity index is 0. The molecule has 1 N–H and O–H groups in total. The van der Waals surface area contributed by atoms with Crippen LogP contribution in [0, 0.1) is 0 Å². The first kappa shape index (κ1) is 11.9. The molecule has 0 aliphatic rings. The molecule has 0 rings (SSSR count). The Bertz CT molecular complexity index is 110. The molecule has 48 valence electrons. The fraction of sp³-hybridized carbons (Fsp3) is 0.500. The van der Waals surface area contributed by atoms with Crippen molar-refractivity contribution in [3.63, 3.8) is 0 Å². The van der Waals surface area contributed by atoms with Gasteiger partial charge < -0.3 is 19.6 Å². The summed E-state index contributed by atoms with van der Waals surface area (Å²) in [6.07, 6.45) is 0. The van der Waals surface area contributed by atoms with E-state index in [1.807, 2.05) is 0 Å². The van der Waals surface area contributed by atoms with Gasteiger partial charge in [-0.25, -0.2) is 0 Å². The molecule has 0 aromatic heterocycles. The van der Waals surface area contributed by atoms with Crippen LogP contribution < -0.4 is 5.11 Å². The van der Waals surface area contributed by atoms with Crippen LogP contribution in [0.15, 0.2) is 0 Å². The van der Waals surface area contributed by atoms with Crippen molar-refractivity contribution in [2.45, 2.75) is 5.44 Å². The minimum Gasteiger partial charge on any atom is -0.770 e. The molecule has 0 aliphatic heterocycles. The summed E-state index contributed by atoms with van der Waals surface area (Å²) in [4.78, 5) is 9.39. The number of rotatable bonds is 2. The average molecular weight is 203 g/mol. The van der Waals surface area contributed by atoms with Gasteiger partial charge in [0, 0.05) is 0 Å². The van der Waals surface area contributed by atoms with Crippen molar-refractivity contribution in [2.75, 3.05) is 0 Å². The van der Waals surface area contributed by atoms with E-state index in [-0.39, 0.29) is 19.5 Å². The molecule has 0 fully saturated rings. The van der Waals surface area contributed by atoms with Crippen LogP contribution in [-0.2, 0) is 35.4 Å². The molecule has 0 radical (unpaired) electrons. The smallest absolute Gasteiger partial charge is 0.770 e. The quantitative estimate of drug-likeness (QED) is 0.379. The minimum absolute atomic E-state index is 0. The first-order valence-corrected chi connectivity index (χ1v) is 2.66. The third kappa shape index (κ3) is 4.65. The molecule has 2 atom stereocenters. The Morgan fingerprint density at radius 3 is 2.00 bits per heavy atom. The maximum Gasteiger partial charge on any atom is 2.00 e. The maximum absolute atomic E-state index is 9.47. The van der Waals surface area contributed by atoms with E-state index in [2.05, 4.69) is 0 Å². The van der Waals surface area contributed by atoms with E-state index < -0.39 is 22.5 Å². The number of carbonyl (C=O) groups is 1. The van der Waals surface area contributed by atoms with Crippen molar-refractivity contribution in [1.29, 1.82) is 0 Å². The molecular weight excluding hydrogens is 201 g/mol. The monoisotopic (exact) mass is 202 g/mol. The zero-order chi connectivity index (χ0) is 6.73. The molecule has 0 spiro atoms. The molecule has 0 aliphatic carbocycles. The molecule has 7 heteroatoms. The van der Waals surface area contributed by atoms with Crippen LogP contribution in [0.5, 0.6) is 0 Å². The zero-order valence-electron chi connectivity index (χ0n) is 4.27. The van der Waals surface area contributed by atoms with Gasteiger partial charge in [-0.1, -0.05) is 0 Å². The van der Waals surface area contributed by atoms with Crippen LogP contribution >= 0.6 is 0 Å². The van der Waals surface area contributed by atoms with Crippen molar-refractivity contribution in [3.05, 3.63) is 0 Å². The summed E-state index contributed by atoms with van der Waals surface area (Å²) in [6.45, 7) is 0. The van der Waals surface area contributed by atoms with Crippen molar-refractivity contribution < 1.29 is 43.2 Å². The van der Waals surface area contributed by atoms with Crippen LogP contribution in [-0.4, -0.2) is 25.3 Å². The molecule has 5 nitrogen and oxygen atoms in total. The largest absolute Gasteiger partial charge is 2.00 e. The van der Waals surface area contributed by atoms with Gasteiger partial charge in [0.2, 0.25) is 0 Å². The third-order valence-electron chi connectivity index (χ3n) is 0.384. The van der Waals surface area contributed by atoms with Crippen LogP contribution in [0.25, 0.3) is 0 Å². The van der Waals surface area contributed by atoms with Gasteiger partial charge in [-0.05, 0) is 11.1 Å². The van der Waals surface area contributed by atoms with Crippen LogP contribution in [0.2, 0.25) is 0 Å². The molecule has 2 unspecified atom stereocenters. The molecular formula is C2H2O5SZn. The predicted molar refractivity (Wildman–Crippen MR) is 19.9 cm³/mol. The van der Waals surface area contributed by atoms with E-state index in [1.54, 1.807) is 0 Å². The molecule has 0 amide bonds. The van der Waals surface area contributed by atoms with Gasteiger partial charge in [0.15, 0.2) is 5.44 Å². The predicted octanol–water partition coefficient (Wildman–Crippen LogP) is -3.07. The first-order chi connectivity index (χ1) is 3.55. The Morgan fingerprint density at radius 1 is 1.67 bits per heavy atom.